The molecule has 0 fully saturated rings. The van der Waals surface area contributed by atoms with Crippen LogP contribution in [0, 0.1) is 0 Å². The molecule has 2 heterocycles. The van der Waals surface area contributed by atoms with Crippen LogP contribution in [0.3, 0.4) is 0 Å². The summed E-state index contributed by atoms with van der Waals surface area (Å²) in [6, 6.07) is 2.87. The van der Waals surface area contributed by atoms with Crippen molar-refractivity contribution < 1.29 is 0 Å². The monoisotopic (exact) mass is 266 g/mol. The highest BCUT2D eigenvalue weighted by atomic mass is 32.1. The number of nitrogens with one attached hydrogen (secondary N) is 1. The van der Waals surface area contributed by atoms with Crippen molar-refractivity contribution in [2.45, 2.75) is 39.3 Å². The lowest BCUT2D eigenvalue weighted by atomic mass is 10.1. The summed E-state index contributed by atoms with van der Waals surface area (Å²) in [6.45, 7) is 6.55. The van der Waals surface area contributed by atoms with Gasteiger partial charge in [-0.2, -0.15) is 11.3 Å². The van der Waals surface area contributed by atoms with Crippen LogP contribution in [0.1, 0.15) is 48.3 Å². The average Bonchev–Trinajstić information content (AvgIpc) is 3.00. The normalized spacial score (nSPS) is 14.8. The molecule has 2 rings (SSSR count). The number of aromatic nitrogens is 1. The molecule has 0 radical (unpaired) electrons. The number of thiophene rings is 1. The van der Waals surface area contributed by atoms with Crippen LogP contribution < -0.4 is 5.32 Å². The zero-order valence-electron chi connectivity index (χ0n) is 10.4. The molecule has 0 aromatic carbocycles. The molecule has 92 valence electrons. The summed E-state index contributed by atoms with van der Waals surface area (Å²) < 4.78 is 0. The molecule has 0 aliphatic carbocycles. The fraction of sp³-hybridized carbons (Fsp3) is 0.462. The minimum atomic E-state index is 0.315. The summed E-state index contributed by atoms with van der Waals surface area (Å²) in [4.78, 5) is 5.84. The zero-order valence-corrected chi connectivity index (χ0v) is 12.1. The number of aryl methyl sites for hydroxylation is 1. The van der Waals surface area contributed by atoms with E-state index in [4.69, 9.17) is 0 Å². The minimum absolute atomic E-state index is 0.315. The zero-order chi connectivity index (χ0) is 12.3. The lowest BCUT2D eigenvalue weighted by Crippen LogP contribution is -2.21. The van der Waals surface area contributed by atoms with Gasteiger partial charge in [0, 0.05) is 17.1 Å². The molecule has 2 nitrogen and oxygen atoms in total. The molecule has 0 unspecified atom stereocenters. The van der Waals surface area contributed by atoms with Gasteiger partial charge in [-0.25, -0.2) is 4.98 Å². The molecule has 0 aliphatic rings. The molecule has 0 bridgehead atoms. The van der Waals surface area contributed by atoms with Gasteiger partial charge >= 0.3 is 0 Å². The summed E-state index contributed by atoms with van der Waals surface area (Å²) in [5.74, 6) is 0. The number of nitrogens with zero attached hydrogens (tertiary/aromatic N) is 1. The van der Waals surface area contributed by atoms with E-state index in [1.807, 2.05) is 17.5 Å². The first-order valence-electron chi connectivity index (χ1n) is 5.93. The van der Waals surface area contributed by atoms with Gasteiger partial charge in [-0.05, 0) is 42.7 Å². The minimum Gasteiger partial charge on any atom is -0.301 e. The summed E-state index contributed by atoms with van der Waals surface area (Å²) in [7, 11) is 0. The maximum atomic E-state index is 4.48. The van der Waals surface area contributed by atoms with E-state index < -0.39 is 0 Å². The number of hydrogen-bond acceptors (Lipinski definition) is 4. The number of hydrogen-bond donors (Lipinski definition) is 1. The molecule has 2 atom stereocenters. The molecule has 0 saturated heterocycles. The molecule has 0 spiro atoms. The molecular formula is C13H18N2S2. The molecule has 2 aromatic heterocycles. The van der Waals surface area contributed by atoms with Crippen molar-refractivity contribution in [3.8, 4) is 0 Å². The van der Waals surface area contributed by atoms with Gasteiger partial charge in [-0.15, -0.1) is 11.3 Å². The highest BCUT2D eigenvalue weighted by Crippen LogP contribution is 2.24. The quantitative estimate of drug-likeness (QED) is 0.878. The van der Waals surface area contributed by atoms with Gasteiger partial charge in [0.15, 0.2) is 0 Å². The third kappa shape index (κ3) is 3.15. The van der Waals surface area contributed by atoms with Crippen LogP contribution in [0.15, 0.2) is 23.0 Å². The third-order valence-electron chi connectivity index (χ3n) is 2.83. The Hall–Kier alpha value is -0.710. The van der Waals surface area contributed by atoms with E-state index in [0.717, 1.165) is 6.42 Å². The maximum absolute atomic E-state index is 4.48. The Labute approximate surface area is 111 Å². The van der Waals surface area contributed by atoms with E-state index in [9.17, 15) is 0 Å². The fourth-order valence-corrected chi connectivity index (χ4v) is 3.37. The molecule has 17 heavy (non-hydrogen) atoms. The van der Waals surface area contributed by atoms with Crippen molar-refractivity contribution in [2.75, 3.05) is 0 Å². The Morgan fingerprint density at radius 3 is 2.76 bits per heavy atom. The highest BCUT2D eigenvalue weighted by molar-refractivity contribution is 7.11. The fourth-order valence-electron chi connectivity index (χ4n) is 1.75. The summed E-state index contributed by atoms with van der Waals surface area (Å²) in [5, 5.41) is 9.09. The topological polar surface area (TPSA) is 24.9 Å². The largest absolute Gasteiger partial charge is 0.301 e. The lowest BCUT2D eigenvalue weighted by Gasteiger charge is -2.17. The number of thiazole rings is 1. The van der Waals surface area contributed by atoms with E-state index in [2.05, 4.69) is 47.9 Å². The van der Waals surface area contributed by atoms with Crippen molar-refractivity contribution in [3.05, 3.63) is 38.5 Å². The van der Waals surface area contributed by atoms with Crippen LogP contribution in [0.2, 0.25) is 0 Å². The Kier molecular flexibility index (Phi) is 4.31. The van der Waals surface area contributed by atoms with Gasteiger partial charge in [0.1, 0.15) is 5.01 Å². The van der Waals surface area contributed by atoms with Crippen molar-refractivity contribution >= 4 is 22.7 Å². The first kappa shape index (κ1) is 12.7. The highest BCUT2D eigenvalue weighted by Gasteiger charge is 2.14. The van der Waals surface area contributed by atoms with Crippen molar-refractivity contribution in [3.63, 3.8) is 0 Å². The van der Waals surface area contributed by atoms with Gasteiger partial charge in [-0.3, -0.25) is 0 Å². The first-order chi connectivity index (χ1) is 8.20. The van der Waals surface area contributed by atoms with Crippen molar-refractivity contribution in [1.82, 2.24) is 10.3 Å². The Morgan fingerprint density at radius 2 is 2.18 bits per heavy atom. The third-order valence-corrected chi connectivity index (χ3v) is 4.86. The second-order valence-corrected chi connectivity index (χ2v) is 6.11. The Bertz CT molecular complexity index is 448. The predicted molar refractivity (Wildman–Crippen MR) is 75.8 cm³/mol. The van der Waals surface area contributed by atoms with Gasteiger partial charge in [0.2, 0.25) is 0 Å². The van der Waals surface area contributed by atoms with Crippen LogP contribution >= 0.6 is 22.7 Å². The lowest BCUT2D eigenvalue weighted by molar-refractivity contribution is 0.494. The van der Waals surface area contributed by atoms with Crippen LogP contribution in [0.5, 0.6) is 0 Å². The molecule has 1 N–H and O–H groups in total. The molecule has 4 heteroatoms. The number of rotatable bonds is 5. The van der Waals surface area contributed by atoms with Gasteiger partial charge < -0.3 is 5.32 Å². The molecule has 0 saturated carbocycles. The molecule has 0 amide bonds. The maximum Gasteiger partial charge on any atom is 0.109 e. The van der Waals surface area contributed by atoms with Crippen LogP contribution in [-0.4, -0.2) is 4.98 Å². The molecular weight excluding hydrogens is 248 g/mol. The molecule has 0 aliphatic heterocycles. The summed E-state index contributed by atoms with van der Waals surface area (Å²) in [6.07, 6.45) is 3.07. The second-order valence-electron chi connectivity index (χ2n) is 4.19. The predicted octanol–water partition coefficient (Wildman–Crippen LogP) is 4.18. The molecule has 2 aromatic rings. The van der Waals surface area contributed by atoms with E-state index >= 15 is 0 Å². The smallest absolute Gasteiger partial charge is 0.109 e. The van der Waals surface area contributed by atoms with Crippen LogP contribution in [0.4, 0.5) is 0 Å². The van der Waals surface area contributed by atoms with Crippen molar-refractivity contribution in [2.24, 2.45) is 0 Å². The van der Waals surface area contributed by atoms with Crippen LogP contribution in [-0.2, 0) is 6.42 Å². The summed E-state index contributed by atoms with van der Waals surface area (Å²) >= 11 is 3.55. The Balaban J connectivity index is 1.99. The Morgan fingerprint density at radius 1 is 1.35 bits per heavy atom. The van der Waals surface area contributed by atoms with E-state index in [1.165, 1.54) is 15.4 Å². The van der Waals surface area contributed by atoms with Crippen LogP contribution in [0.25, 0.3) is 0 Å². The van der Waals surface area contributed by atoms with E-state index in [0.29, 0.717) is 12.1 Å². The standard InChI is InChI=1S/C13H18N2S2/c1-4-12-7-14-13(17-12)10(3)15-9(2)11-5-6-16-8-11/h5-10,15H,4H2,1-3H3/t9-,10+/m0/s1. The van der Waals surface area contributed by atoms with Crippen molar-refractivity contribution in [1.29, 1.82) is 0 Å². The van der Waals surface area contributed by atoms with Gasteiger partial charge in [-0.1, -0.05) is 6.92 Å². The van der Waals surface area contributed by atoms with E-state index in [-0.39, 0.29) is 0 Å². The van der Waals surface area contributed by atoms with E-state index in [1.54, 1.807) is 11.3 Å². The average molecular weight is 266 g/mol. The van der Waals surface area contributed by atoms with Gasteiger partial charge in [0.25, 0.3) is 0 Å². The first-order valence-corrected chi connectivity index (χ1v) is 7.69. The van der Waals surface area contributed by atoms with Gasteiger partial charge in [0.05, 0.1) is 6.04 Å². The second kappa shape index (κ2) is 5.76. The summed E-state index contributed by atoms with van der Waals surface area (Å²) in [5.41, 5.74) is 1.36. The SMILES string of the molecule is CCc1cnc([C@@H](C)N[C@@H](C)c2ccsc2)s1.